The summed E-state index contributed by atoms with van der Waals surface area (Å²) >= 11 is 5.91. The molecule has 2 aliphatic heterocycles. The number of hydrogen-bond donors (Lipinski definition) is 0. The van der Waals surface area contributed by atoms with E-state index in [4.69, 9.17) is 11.6 Å². The van der Waals surface area contributed by atoms with Crippen LogP contribution in [0.15, 0.2) is 53.4 Å². The first-order chi connectivity index (χ1) is 13.4. The molecular weight excluding hydrogens is 396 g/mol. The average Bonchev–Trinajstić information content (AvgIpc) is 3.03. The smallest absolute Gasteiger partial charge is 0.245 e. The fraction of sp³-hybridized carbons (Fsp3) is 0.381. The summed E-state index contributed by atoms with van der Waals surface area (Å²) in [5.41, 5.74) is 2.03. The molecule has 28 heavy (non-hydrogen) atoms. The minimum atomic E-state index is -3.77. The highest BCUT2D eigenvalue weighted by Crippen LogP contribution is 2.35. The van der Waals surface area contributed by atoms with Crippen LogP contribution in [-0.2, 0) is 21.2 Å². The molecule has 2 heterocycles. The molecular formula is C21H23ClN2O3S. The molecule has 0 bridgehead atoms. The number of carbonyl (C=O) groups is 1. The van der Waals surface area contributed by atoms with Crippen molar-refractivity contribution in [3.8, 4) is 0 Å². The molecule has 1 fully saturated rings. The normalized spacial score (nSPS) is 22.9. The summed E-state index contributed by atoms with van der Waals surface area (Å²) < 4.78 is 27.9. The van der Waals surface area contributed by atoms with Crippen molar-refractivity contribution in [3.63, 3.8) is 0 Å². The van der Waals surface area contributed by atoms with E-state index in [-0.39, 0.29) is 16.8 Å². The van der Waals surface area contributed by atoms with Crippen molar-refractivity contribution in [2.45, 2.75) is 49.6 Å². The summed E-state index contributed by atoms with van der Waals surface area (Å²) in [6.07, 6.45) is 2.92. The number of piperidine rings is 1. The largest absolute Gasteiger partial charge is 0.308 e. The number of carbonyl (C=O) groups excluding carboxylic acids is 1. The van der Waals surface area contributed by atoms with Crippen LogP contribution in [0.2, 0.25) is 5.02 Å². The first-order valence-corrected chi connectivity index (χ1v) is 11.4. The monoisotopic (exact) mass is 418 g/mol. The molecule has 0 N–H and O–H groups in total. The van der Waals surface area contributed by atoms with E-state index in [1.54, 1.807) is 17.0 Å². The van der Waals surface area contributed by atoms with Crippen molar-refractivity contribution < 1.29 is 13.2 Å². The number of para-hydroxylation sites is 1. The summed E-state index contributed by atoms with van der Waals surface area (Å²) in [7, 11) is -3.77. The van der Waals surface area contributed by atoms with Crippen LogP contribution in [0.5, 0.6) is 0 Å². The maximum atomic E-state index is 13.5. The number of nitrogens with zero attached hydrogens (tertiary/aromatic N) is 2. The van der Waals surface area contributed by atoms with Gasteiger partial charge in [0.25, 0.3) is 0 Å². The zero-order chi connectivity index (χ0) is 19.9. The van der Waals surface area contributed by atoms with Gasteiger partial charge in [-0.15, -0.1) is 0 Å². The molecule has 0 aromatic heterocycles. The first-order valence-electron chi connectivity index (χ1n) is 9.58. The van der Waals surface area contributed by atoms with E-state index in [2.05, 4.69) is 0 Å². The maximum absolute atomic E-state index is 13.5. The van der Waals surface area contributed by atoms with Gasteiger partial charge in [0.05, 0.1) is 4.90 Å². The van der Waals surface area contributed by atoms with Gasteiger partial charge in [0.15, 0.2) is 0 Å². The van der Waals surface area contributed by atoms with Crippen LogP contribution in [-0.4, -0.2) is 37.3 Å². The van der Waals surface area contributed by atoms with E-state index >= 15 is 0 Å². The zero-order valence-corrected chi connectivity index (χ0v) is 17.3. The van der Waals surface area contributed by atoms with Gasteiger partial charge >= 0.3 is 0 Å². The lowest BCUT2D eigenvalue weighted by Gasteiger charge is -2.37. The minimum Gasteiger partial charge on any atom is -0.308 e. The summed E-state index contributed by atoms with van der Waals surface area (Å²) in [6, 6.07) is 13.3. The predicted octanol–water partition coefficient (Wildman–Crippen LogP) is 3.86. The van der Waals surface area contributed by atoms with Gasteiger partial charge in [-0.05, 0) is 62.1 Å². The second kappa shape index (κ2) is 7.50. The molecule has 0 saturated carbocycles. The molecule has 2 aliphatic rings. The number of sulfonamides is 1. The topological polar surface area (TPSA) is 57.7 Å². The van der Waals surface area contributed by atoms with E-state index < -0.39 is 16.1 Å². The Balaban J connectivity index is 1.68. The molecule has 5 nitrogen and oxygen atoms in total. The van der Waals surface area contributed by atoms with Gasteiger partial charge in [0, 0.05) is 23.3 Å². The van der Waals surface area contributed by atoms with Gasteiger partial charge < -0.3 is 4.90 Å². The summed E-state index contributed by atoms with van der Waals surface area (Å²) in [5, 5.41) is 0.479. The third-order valence-electron chi connectivity index (χ3n) is 5.60. The van der Waals surface area contributed by atoms with Gasteiger partial charge in [-0.3, -0.25) is 4.79 Å². The first kappa shape index (κ1) is 19.4. The van der Waals surface area contributed by atoms with Crippen molar-refractivity contribution in [1.82, 2.24) is 4.31 Å². The van der Waals surface area contributed by atoms with E-state index in [1.165, 1.54) is 16.4 Å². The molecule has 7 heteroatoms. The van der Waals surface area contributed by atoms with Gasteiger partial charge in [-0.1, -0.05) is 36.2 Å². The molecule has 0 spiro atoms. The van der Waals surface area contributed by atoms with Crippen LogP contribution in [0.1, 0.15) is 31.7 Å². The number of fused-ring (bicyclic) bond motifs is 1. The van der Waals surface area contributed by atoms with Crippen molar-refractivity contribution in [2.24, 2.45) is 0 Å². The van der Waals surface area contributed by atoms with Gasteiger partial charge in [-0.25, -0.2) is 8.42 Å². The Morgan fingerprint density at radius 2 is 1.79 bits per heavy atom. The highest BCUT2D eigenvalue weighted by atomic mass is 35.5. The average molecular weight is 419 g/mol. The second-order valence-corrected chi connectivity index (χ2v) is 9.80. The van der Waals surface area contributed by atoms with E-state index in [0.29, 0.717) is 18.0 Å². The van der Waals surface area contributed by atoms with Crippen molar-refractivity contribution in [2.75, 3.05) is 11.4 Å². The number of hydrogen-bond acceptors (Lipinski definition) is 3. The number of benzene rings is 2. The number of halogens is 1. The lowest BCUT2D eigenvalue weighted by Crippen LogP contribution is -2.54. The standard InChI is InChI=1S/C21H23ClN2O3S/c1-15-14-16-6-2-3-7-19(16)24(15)21(25)20-8-4-5-13-23(20)28(26,27)18-11-9-17(22)10-12-18/h2-3,6-7,9-12,15,20H,4-5,8,13-14H2,1H3/t15-,20-/m1/s1. The Hall–Kier alpha value is -1.89. The molecule has 148 valence electrons. The van der Waals surface area contributed by atoms with Crippen LogP contribution in [0.25, 0.3) is 0 Å². The van der Waals surface area contributed by atoms with E-state index in [1.807, 2.05) is 31.2 Å². The third kappa shape index (κ3) is 3.34. The van der Waals surface area contributed by atoms with Gasteiger partial charge in [-0.2, -0.15) is 4.31 Å². The third-order valence-corrected chi connectivity index (χ3v) is 7.78. The molecule has 0 radical (unpaired) electrons. The SMILES string of the molecule is C[C@@H]1Cc2ccccc2N1C(=O)[C@H]1CCCCN1S(=O)(=O)c1ccc(Cl)cc1. The Morgan fingerprint density at radius 1 is 1.07 bits per heavy atom. The number of amides is 1. The minimum absolute atomic E-state index is 0.0203. The van der Waals surface area contributed by atoms with E-state index in [9.17, 15) is 13.2 Å². The van der Waals surface area contributed by atoms with Crippen LogP contribution in [0.4, 0.5) is 5.69 Å². The second-order valence-electron chi connectivity index (χ2n) is 7.47. The molecule has 2 aromatic carbocycles. The fourth-order valence-electron chi connectivity index (χ4n) is 4.24. The van der Waals surface area contributed by atoms with Crippen molar-refractivity contribution >= 4 is 33.2 Å². The Labute approximate surface area is 171 Å². The molecule has 2 aromatic rings. The predicted molar refractivity (Wildman–Crippen MR) is 110 cm³/mol. The van der Waals surface area contributed by atoms with Crippen LogP contribution < -0.4 is 4.90 Å². The van der Waals surface area contributed by atoms with Crippen LogP contribution >= 0.6 is 11.6 Å². The van der Waals surface area contributed by atoms with Crippen molar-refractivity contribution in [3.05, 3.63) is 59.1 Å². The molecule has 0 aliphatic carbocycles. The molecule has 4 rings (SSSR count). The Bertz CT molecular complexity index is 991. The van der Waals surface area contributed by atoms with Gasteiger partial charge in [0.2, 0.25) is 15.9 Å². The van der Waals surface area contributed by atoms with E-state index in [0.717, 1.165) is 30.5 Å². The maximum Gasteiger partial charge on any atom is 0.245 e. The number of rotatable bonds is 3. The quantitative estimate of drug-likeness (QED) is 0.760. The molecule has 1 amide bonds. The van der Waals surface area contributed by atoms with Gasteiger partial charge in [0.1, 0.15) is 6.04 Å². The fourth-order valence-corrected chi connectivity index (χ4v) is 6.02. The zero-order valence-electron chi connectivity index (χ0n) is 15.7. The molecule has 1 saturated heterocycles. The number of anilines is 1. The van der Waals surface area contributed by atoms with Crippen LogP contribution in [0.3, 0.4) is 0 Å². The summed E-state index contributed by atoms with van der Waals surface area (Å²) in [4.78, 5) is 15.5. The Morgan fingerprint density at radius 3 is 2.54 bits per heavy atom. The summed E-state index contributed by atoms with van der Waals surface area (Å²) in [6.45, 7) is 2.37. The molecule has 2 atom stereocenters. The summed E-state index contributed by atoms with van der Waals surface area (Å²) in [5.74, 6) is -0.130. The highest BCUT2D eigenvalue weighted by molar-refractivity contribution is 7.89. The van der Waals surface area contributed by atoms with Crippen LogP contribution in [0, 0.1) is 0 Å². The Kier molecular flexibility index (Phi) is 5.21. The lowest BCUT2D eigenvalue weighted by atomic mass is 10.0. The lowest BCUT2D eigenvalue weighted by molar-refractivity contribution is -0.123. The van der Waals surface area contributed by atoms with Crippen molar-refractivity contribution in [1.29, 1.82) is 0 Å². The molecule has 0 unspecified atom stereocenters. The highest BCUT2D eigenvalue weighted by Gasteiger charge is 2.42.